The Balaban J connectivity index is 1.01. The molecule has 0 aliphatic carbocycles. The smallest absolute Gasteiger partial charge is 0.164 e. The molecule has 4 heterocycles. The molecule has 4 aromatic heterocycles. The number of fused-ring (bicyclic) bond motifs is 10. The van der Waals surface area contributed by atoms with Crippen molar-refractivity contribution in [1.29, 1.82) is 0 Å². The van der Waals surface area contributed by atoms with Crippen LogP contribution in [-0.4, -0.2) is 19.5 Å². The van der Waals surface area contributed by atoms with Gasteiger partial charge < -0.3 is 13.4 Å². The number of para-hydroxylation sites is 2. The summed E-state index contributed by atoms with van der Waals surface area (Å²) in [5, 5.41) is 6.58. The molecule has 12 rings (SSSR count). The lowest BCUT2D eigenvalue weighted by molar-refractivity contribution is 0.669. The second-order valence-electron chi connectivity index (χ2n) is 14.4. The highest BCUT2D eigenvalue weighted by molar-refractivity contribution is 6.21. The quantitative estimate of drug-likeness (QED) is 0.176. The fourth-order valence-corrected chi connectivity index (χ4v) is 8.36. The minimum absolute atomic E-state index is 0.576. The summed E-state index contributed by atoms with van der Waals surface area (Å²) in [4.78, 5) is 15.1. The molecule has 0 unspecified atom stereocenters. The monoisotopic (exact) mass is 730 g/mol. The van der Waals surface area contributed by atoms with E-state index in [9.17, 15) is 0 Å². The van der Waals surface area contributed by atoms with Crippen molar-refractivity contribution in [2.45, 2.75) is 0 Å². The Kier molecular flexibility index (Phi) is 6.83. The molecule has 0 saturated carbocycles. The molecule has 0 bridgehead atoms. The molecule has 8 aromatic carbocycles. The van der Waals surface area contributed by atoms with Crippen molar-refractivity contribution in [2.24, 2.45) is 0 Å². The standard InChI is InChI=1S/C51H30N4O2/c1-3-12-31(13-4-1)33-16-11-17-34(28-33)50-52-49(32-14-5-2-6-15-32)53-51(54-50)35-22-24-39-42-30-36(23-27-45(42)56-46(39)29-35)55-43-20-9-7-18-37(43)40-25-26-41-38-19-8-10-21-44(38)57-48(41)47(40)55/h1-30H. The summed E-state index contributed by atoms with van der Waals surface area (Å²) < 4.78 is 15.5. The molecule has 6 nitrogen and oxygen atoms in total. The maximum Gasteiger partial charge on any atom is 0.164 e. The molecule has 0 aliphatic heterocycles. The first-order valence-corrected chi connectivity index (χ1v) is 19.0. The summed E-state index contributed by atoms with van der Waals surface area (Å²) in [6, 6.07) is 62.6. The Hall–Kier alpha value is -7.83. The van der Waals surface area contributed by atoms with Crippen molar-refractivity contribution in [3.63, 3.8) is 0 Å². The number of aromatic nitrogens is 4. The van der Waals surface area contributed by atoms with Gasteiger partial charge in [-0.3, -0.25) is 0 Å². The van der Waals surface area contributed by atoms with Crippen LogP contribution in [0.1, 0.15) is 0 Å². The van der Waals surface area contributed by atoms with E-state index in [1.54, 1.807) is 0 Å². The van der Waals surface area contributed by atoms with Gasteiger partial charge in [0.1, 0.15) is 16.7 Å². The second-order valence-corrected chi connectivity index (χ2v) is 14.4. The van der Waals surface area contributed by atoms with Gasteiger partial charge in [-0.2, -0.15) is 0 Å². The fourth-order valence-electron chi connectivity index (χ4n) is 8.36. The van der Waals surface area contributed by atoms with Gasteiger partial charge in [-0.1, -0.05) is 127 Å². The Morgan fingerprint density at radius 3 is 1.75 bits per heavy atom. The average molecular weight is 731 g/mol. The van der Waals surface area contributed by atoms with E-state index in [0.717, 1.165) is 93.8 Å². The zero-order valence-electron chi connectivity index (χ0n) is 30.4. The van der Waals surface area contributed by atoms with Gasteiger partial charge in [0.25, 0.3) is 0 Å². The molecule has 0 fully saturated rings. The summed E-state index contributed by atoms with van der Waals surface area (Å²) in [6.07, 6.45) is 0. The highest BCUT2D eigenvalue weighted by Crippen LogP contribution is 2.41. The average Bonchev–Trinajstić information content (AvgIpc) is 3.96. The van der Waals surface area contributed by atoms with Crippen molar-refractivity contribution in [2.75, 3.05) is 0 Å². The Morgan fingerprint density at radius 1 is 0.333 bits per heavy atom. The molecule has 0 atom stereocenters. The molecule has 0 radical (unpaired) electrons. The summed E-state index contributed by atoms with van der Waals surface area (Å²) >= 11 is 0. The lowest BCUT2D eigenvalue weighted by Crippen LogP contribution is -2.00. The Bertz CT molecular complexity index is 3530. The fraction of sp³-hybridized carbons (Fsp3) is 0. The van der Waals surface area contributed by atoms with Gasteiger partial charge >= 0.3 is 0 Å². The van der Waals surface area contributed by atoms with E-state index in [4.69, 9.17) is 23.8 Å². The first-order valence-electron chi connectivity index (χ1n) is 19.0. The number of nitrogens with zero attached hydrogens (tertiary/aromatic N) is 4. The maximum absolute atomic E-state index is 6.60. The van der Waals surface area contributed by atoms with Crippen LogP contribution in [-0.2, 0) is 0 Å². The van der Waals surface area contributed by atoms with E-state index in [0.29, 0.717) is 17.5 Å². The van der Waals surface area contributed by atoms with Gasteiger partial charge in [0.15, 0.2) is 23.1 Å². The van der Waals surface area contributed by atoms with Gasteiger partial charge in [-0.15, -0.1) is 0 Å². The normalized spacial score (nSPS) is 11.9. The van der Waals surface area contributed by atoms with Crippen LogP contribution in [0.25, 0.3) is 117 Å². The number of furan rings is 2. The third kappa shape index (κ3) is 5.01. The number of hydrogen-bond donors (Lipinski definition) is 0. The van der Waals surface area contributed by atoms with E-state index in [2.05, 4.69) is 132 Å². The van der Waals surface area contributed by atoms with Crippen molar-refractivity contribution < 1.29 is 8.83 Å². The van der Waals surface area contributed by atoms with Crippen LogP contribution in [0.2, 0.25) is 0 Å². The Labute approximate surface area is 325 Å². The van der Waals surface area contributed by atoms with Crippen LogP contribution in [0, 0.1) is 0 Å². The predicted octanol–water partition coefficient (Wildman–Crippen LogP) is 13.4. The maximum atomic E-state index is 6.60. The van der Waals surface area contributed by atoms with E-state index < -0.39 is 0 Å². The van der Waals surface area contributed by atoms with Gasteiger partial charge in [-0.25, -0.2) is 15.0 Å². The van der Waals surface area contributed by atoms with Crippen LogP contribution in [0.3, 0.4) is 0 Å². The van der Waals surface area contributed by atoms with E-state index in [-0.39, 0.29) is 0 Å². The molecule has 0 amide bonds. The van der Waals surface area contributed by atoms with E-state index in [1.807, 2.05) is 54.6 Å². The predicted molar refractivity (Wildman–Crippen MR) is 230 cm³/mol. The molecule has 0 aliphatic rings. The van der Waals surface area contributed by atoms with Crippen molar-refractivity contribution in [3.05, 3.63) is 182 Å². The highest BCUT2D eigenvalue weighted by Gasteiger charge is 2.20. The summed E-state index contributed by atoms with van der Waals surface area (Å²) in [5.74, 6) is 1.79. The number of rotatable bonds is 5. The molecular weight excluding hydrogens is 701 g/mol. The van der Waals surface area contributed by atoms with Gasteiger partial charge in [0.05, 0.1) is 11.0 Å². The van der Waals surface area contributed by atoms with Crippen LogP contribution in [0.15, 0.2) is 191 Å². The molecule has 12 aromatic rings. The summed E-state index contributed by atoms with van der Waals surface area (Å²) in [7, 11) is 0. The molecule has 57 heavy (non-hydrogen) atoms. The minimum Gasteiger partial charge on any atom is -0.456 e. The van der Waals surface area contributed by atoms with Gasteiger partial charge in [-0.05, 0) is 65.7 Å². The lowest BCUT2D eigenvalue weighted by Gasteiger charge is -2.10. The Morgan fingerprint density at radius 2 is 0.930 bits per heavy atom. The largest absolute Gasteiger partial charge is 0.456 e. The highest BCUT2D eigenvalue weighted by atomic mass is 16.3. The van der Waals surface area contributed by atoms with Gasteiger partial charge in [0.2, 0.25) is 0 Å². The summed E-state index contributed by atoms with van der Waals surface area (Å²) in [5.41, 5.74) is 11.4. The van der Waals surface area contributed by atoms with Crippen LogP contribution >= 0.6 is 0 Å². The van der Waals surface area contributed by atoms with E-state index in [1.165, 1.54) is 5.39 Å². The van der Waals surface area contributed by atoms with Crippen molar-refractivity contribution in [3.8, 4) is 51.0 Å². The SMILES string of the molecule is c1ccc(-c2cccc(-c3nc(-c4ccccc4)nc(-c4ccc5c(c4)oc4ccc(-n6c7ccccc7c7ccc8c9ccccc9oc8c76)cc45)n3)c2)cc1. The van der Waals surface area contributed by atoms with Crippen LogP contribution in [0.4, 0.5) is 0 Å². The van der Waals surface area contributed by atoms with Gasteiger partial charge in [0, 0.05) is 54.7 Å². The molecular formula is C51H30N4O2. The molecule has 266 valence electrons. The van der Waals surface area contributed by atoms with Crippen LogP contribution in [0.5, 0.6) is 0 Å². The first kappa shape index (κ1) is 31.5. The molecule has 0 spiro atoms. The molecule has 0 saturated heterocycles. The lowest BCUT2D eigenvalue weighted by atomic mass is 10.0. The molecule has 0 N–H and O–H groups in total. The minimum atomic E-state index is 0.576. The van der Waals surface area contributed by atoms with E-state index >= 15 is 0 Å². The zero-order valence-corrected chi connectivity index (χ0v) is 30.4. The zero-order chi connectivity index (χ0) is 37.5. The molecule has 6 heteroatoms. The van der Waals surface area contributed by atoms with Crippen molar-refractivity contribution in [1.82, 2.24) is 19.5 Å². The third-order valence-electron chi connectivity index (χ3n) is 11.0. The number of hydrogen-bond acceptors (Lipinski definition) is 5. The first-order chi connectivity index (χ1) is 28.2. The van der Waals surface area contributed by atoms with Crippen LogP contribution < -0.4 is 0 Å². The van der Waals surface area contributed by atoms with Crippen molar-refractivity contribution >= 4 is 65.7 Å². The third-order valence-corrected chi connectivity index (χ3v) is 11.0. The number of benzene rings is 8. The second kappa shape index (κ2) is 12.3. The topological polar surface area (TPSA) is 69.9 Å². The summed E-state index contributed by atoms with van der Waals surface area (Å²) in [6.45, 7) is 0.